The number of hydrogen-bond acceptors (Lipinski definition) is 3. The second-order valence-electron chi connectivity index (χ2n) is 6.29. The number of piperidine rings is 1. The van der Waals surface area contributed by atoms with Crippen LogP contribution in [0.25, 0.3) is 0 Å². The van der Waals surface area contributed by atoms with Crippen LogP contribution >= 0.6 is 0 Å². The third kappa shape index (κ3) is 3.27. The minimum Gasteiger partial charge on any atom is -0.370 e. The van der Waals surface area contributed by atoms with Gasteiger partial charge < -0.3 is 9.64 Å². The van der Waals surface area contributed by atoms with Crippen LogP contribution in [-0.4, -0.2) is 36.1 Å². The van der Waals surface area contributed by atoms with Gasteiger partial charge in [0, 0.05) is 18.7 Å². The van der Waals surface area contributed by atoms with E-state index in [1.807, 2.05) is 6.07 Å². The third-order valence-electron chi connectivity index (χ3n) is 4.57. The van der Waals surface area contributed by atoms with E-state index in [1.165, 1.54) is 17.7 Å². The molecular weight excluding hydrogens is 295 g/mol. The first-order chi connectivity index (χ1) is 11.0. The number of amides is 1. The molecule has 3 rings (SSSR count). The predicted molar refractivity (Wildman–Crippen MR) is 83.3 cm³/mol. The Morgan fingerprint density at radius 1 is 1.35 bits per heavy atom. The van der Waals surface area contributed by atoms with Gasteiger partial charge in [-0.3, -0.25) is 4.79 Å². The summed E-state index contributed by atoms with van der Waals surface area (Å²) in [6.45, 7) is 3.98. The summed E-state index contributed by atoms with van der Waals surface area (Å²) in [5.41, 5.74) is 1.48. The molecule has 1 amide bonds. The molecule has 5 heteroatoms. The number of benzene rings is 1. The fourth-order valence-electron chi connectivity index (χ4n) is 3.32. The first-order valence-corrected chi connectivity index (χ1v) is 7.84. The van der Waals surface area contributed by atoms with Crippen molar-refractivity contribution in [3.8, 4) is 6.07 Å². The highest BCUT2D eigenvalue weighted by Crippen LogP contribution is 2.33. The van der Waals surface area contributed by atoms with E-state index in [9.17, 15) is 9.18 Å². The van der Waals surface area contributed by atoms with Crippen LogP contribution in [0.4, 0.5) is 4.39 Å². The summed E-state index contributed by atoms with van der Waals surface area (Å²) in [5, 5.41) is 8.90. The Hall–Kier alpha value is -2.19. The van der Waals surface area contributed by atoms with Crippen molar-refractivity contribution in [2.75, 3.05) is 19.7 Å². The van der Waals surface area contributed by atoms with Crippen molar-refractivity contribution in [3.05, 3.63) is 46.8 Å². The molecule has 0 radical (unpaired) electrons. The van der Waals surface area contributed by atoms with Crippen LogP contribution < -0.4 is 0 Å². The van der Waals surface area contributed by atoms with Crippen LogP contribution in [0.3, 0.4) is 0 Å². The monoisotopic (exact) mass is 314 g/mol. The lowest BCUT2D eigenvalue weighted by Gasteiger charge is -2.42. The van der Waals surface area contributed by atoms with Crippen LogP contribution in [0.1, 0.15) is 42.1 Å². The molecule has 1 fully saturated rings. The molecule has 1 aromatic rings. The standard InChI is InChI=1S/C18H19FN2O2/c1-13-2-7-23-18(11-13)3-5-21(6-4-18)17(22)15-8-14(12-20)9-16(19)10-15/h8-11H,2-7H2,1H3. The highest BCUT2D eigenvalue weighted by Gasteiger charge is 2.36. The molecule has 0 bridgehead atoms. The molecular formula is C18H19FN2O2. The molecule has 1 spiro atoms. The molecule has 4 nitrogen and oxygen atoms in total. The van der Waals surface area contributed by atoms with Gasteiger partial charge in [-0.2, -0.15) is 5.26 Å². The molecule has 0 N–H and O–H groups in total. The minimum atomic E-state index is -0.560. The smallest absolute Gasteiger partial charge is 0.254 e. The van der Waals surface area contributed by atoms with Gasteiger partial charge in [-0.05, 0) is 44.4 Å². The Kier molecular flexibility index (Phi) is 4.18. The number of rotatable bonds is 1. The Morgan fingerprint density at radius 2 is 2.09 bits per heavy atom. The molecule has 1 aromatic carbocycles. The lowest BCUT2D eigenvalue weighted by atomic mass is 9.87. The van der Waals surface area contributed by atoms with E-state index in [1.54, 1.807) is 4.90 Å². The van der Waals surface area contributed by atoms with Crippen molar-refractivity contribution in [3.63, 3.8) is 0 Å². The molecule has 0 unspecified atom stereocenters. The number of nitrogens with zero attached hydrogens (tertiary/aromatic N) is 2. The van der Waals surface area contributed by atoms with E-state index in [0.717, 1.165) is 31.9 Å². The number of nitriles is 1. The summed E-state index contributed by atoms with van der Waals surface area (Å²) < 4.78 is 19.5. The molecule has 120 valence electrons. The second kappa shape index (κ2) is 6.13. The van der Waals surface area contributed by atoms with E-state index < -0.39 is 5.82 Å². The molecule has 0 aliphatic carbocycles. The molecule has 0 saturated carbocycles. The van der Waals surface area contributed by atoms with E-state index in [4.69, 9.17) is 10.00 Å². The van der Waals surface area contributed by atoms with Crippen LogP contribution in [0.5, 0.6) is 0 Å². The highest BCUT2D eigenvalue weighted by atomic mass is 19.1. The number of hydrogen-bond donors (Lipinski definition) is 0. The summed E-state index contributed by atoms with van der Waals surface area (Å²) in [6, 6.07) is 5.64. The van der Waals surface area contributed by atoms with E-state index in [-0.39, 0.29) is 22.6 Å². The van der Waals surface area contributed by atoms with Gasteiger partial charge in [-0.1, -0.05) is 11.6 Å². The number of likely N-dealkylation sites (tertiary alicyclic amines) is 1. The van der Waals surface area contributed by atoms with Crippen LogP contribution in [0.15, 0.2) is 29.8 Å². The lowest BCUT2D eigenvalue weighted by molar-refractivity contribution is -0.0522. The van der Waals surface area contributed by atoms with Crippen molar-refractivity contribution in [2.45, 2.75) is 31.8 Å². The lowest BCUT2D eigenvalue weighted by Crippen LogP contribution is -2.48. The van der Waals surface area contributed by atoms with E-state index >= 15 is 0 Å². The molecule has 23 heavy (non-hydrogen) atoms. The Balaban J connectivity index is 1.73. The topological polar surface area (TPSA) is 53.3 Å². The second-order valence-corrected chi connectivity index (χ2v) is 6.29. The van der Waals surface area contributed by atoms with Gasteiger partial charge in [0.05, 0.1) is 23.8 Å². The molecule has 0 atom stereocenters. The SMILES string of the molecule is CC1=CC2(CCN(C(=O)c3cc(F)cc(C#N)c3)CC2)OCC1. The first kappa shape index (κ1) is 15.7. The van der Waals surface area contributed by atoms with E-state index in [2.05, 4.69) is 13.0 Å². The normalized spacial score (nSPS) is 20.0. The van der Waals surface area contributed by atoms with Crippen LogP contribution in [0, 0.1) is 17.1 Å². The van der Waals surface area contributed by atoms with Crippen molar-refractivity contribution in [1.29, 1.82) is 5.26 Å². The minimum absolute atomic E-state index is 0.163. The van der Waals surface area contributed by atoms with Gasteiger partial charge in [0.2, 0.25) is 0 Å². The summed E-state index contributed by atoms with van der Waals surface area (Å²) in [5.74, 6) is -0.789. The average molecular weight is 314 g/mol. The first-order valence-electron chi connectivity index (χ1n) is 7.84. The zero-order valence-electron chi connectivity index (χ0n) is 13.1. The molecule has 2 aliphatic heterocycles. The van der Waals surface area contributed by atoms with Crippen molar-refractivity contribution >= 4 is 5.91 Å². The summed E-state index contributed by atoms with van der Waals surface area (Å²) in [4.78, 5) is 14.3. The van der Waals surface area contributed by atoms with Crippen LogP contribution in [-0.2, 0) is 4.74 Å². The molecule has 2 aliphatic rings. The number of carbonyl (C=O) groups is 1. The van der Waals surface area contributed by atoms with Crippen LogP contribution in [0.2, 0.25) is 0 Å². The quantitative estimate of drug-likeness (QED) is 0.749. The van der Waals surface area contributed by atoms with Gasteiger partial charge in [-0.25, -0.2) is 4.39 Å². The zero-order chi connectivity index (χ0) is 16.4. The van der Waals surface area contributed by atoms with Gasteiger partial charge in [0.15, 0.2) is 0 Å². The maximum atomic E-state index is 13.5. The summed E-state index contributed by atoms with van der Waals surface area (Å²) in [6.07, 6.45) is 4.64. The van der Waals surface area contributed by atoms with Gasteiger partial charge in [-0.15, -0.1) is 0 Å². The van der Waals surface area contributed by atoms with Crippen molar-refractivity contribution in [2.24, 2.45) is 0 Å². The summed E-state index contributed by atoms with van der Waals surface area (Å²) >= 11 is 0. The van der Waals surface area contributed by atoms with Gasteiger partial charge in [0.25, 0.3) is 5.91 Å². The Bertz CT molecular complexity index is 697. The fraction of sp³-hybridized carbons (Fsp3) is 0.444. The third-order valence-corrected chi connectivity index (χ3v) is 4.57. The van der Waals surface area contributed by atoms with Gasteiger partial charge in [0.1, 0.15) is 5.82 Å². The summed E-state index contributed by atoms with van der Waals surface area (Å²) in [7, 11) is 0. The number of carbonyl (C=O) groups excluding carboxylic acids is 1. The van der Waals surface area contributed by atoms with Crippen molar-refractivity contribution < 1.29 is 13.9 Å². The molecule has 1 saturated heterocycles. The van der Waals surface area contributed by atoms with Gasteiger partial charge >= 0.3 is 0 Å². The number of halogens is 1. The largest absolute Gasteiger partial charge is 0.370 e. The number of ether oxygens (including phenoxy) is 1. The average Bonchev–Trinajstić information content (AvgIpc) is 2.54. The molecule has 0 aromatic heterocycles. The molecule has 2 heterocycles. The van der Waals surface area contributed by atoms with E-state index in [0.29, 0.717) is 13.1 Å². The Morgan fingerprint density at radius 3 is 2.74 bits per heavy atom. The fourth-order valence-corrected chi connectivity index (χ4v) is 3.32. The predicted octanol–water partition coefficient (Wildman–Crippen LogP) is 3.04. The zero-order valence-corrected chi connectivity index (χ0v) is 13.1. The Labute approximate surface area is 135 Å². The van der Waals surface area contributed by atoms with Crippen molar-refractivity contribution in [1.82, 2.24) is 4.90 Å². The maximum absolute atomic E-state index is 13.5. The maximum Gasteiger partial charge on any atom is 0.254 e. The highest BCUT2D eigenvalue weighted by molar-refractivity contribution is 5.94.